The van der Waals surface area contributed by atoms with Gasteiger partial charge in [0.05, 0.1) is 23.2 Å². The van der Waals surface area contributed by atoms with E-state index in [-0.39, 0.29) is 6.54 Å². The van der Waals surface area contributed by atoms with Crippen LogP contribution in [0, 0.1) is 0 Å². The predicted octanol–water partition coefficient (Wildman–Crippen LogP) is 1.31. The van der Waals surface area contributed by atoms with Gasteiger partial charge in [0.1, 0.15) is 5.82 Å². The lowest BCUT2D eigenvalue weighted by Crippen LogP contribution is -2.39. The van der Waals surface area contributed by atoms with Gasteiger partial charge in [-0.2, -0.15) is 0 Å². The van der Waals surface area contributed by atoms with Gasteiger partial charge in [-0.05, 0) is 19.1 Å². The van der Waals surface area contributed by atoms with Crippen LogP contribution >= 0.6 is 0 Å². The minimum Gasteiger partial charge on any atom is -0.387 e. The van der Waals surface area contributed by atoms with E-state index in [1.54, 1.807) is 6.92 Å². The van der Waals surface area contributed by atoms with E-state index >= 15 is 0 Å². The van der Waals surface area contributed by atoms with Crippen molar-refractivity contribution in [2.45, 2.75) is 32.4 Å². The molecule has 0 spiro atoms. The fourth-order valence-electron chi connectivity index (χ4n) is 1.98. The topological polar surface area (TPSA) is 64.1 Å². The summed E-state index contributed by atoms with van der Waals surface area (Å²) in [5.41, 5.74) is 6.70. The predicted molar refractivity (Wildman–Crippen MR) is 68.8 cm³/mol. The van der Waals surface area contributed by atoms with Crippen LogP contribution < -0.4 is 5.73 Å². The molecule has 0 fully saturated rings. The lowest BCUT2D eigenvalue weighted by atomic mass is 10.1. The Hall–Kier alpha value is -1.39. The Morgan fingerprint density at radius 3 is 2.76 bits per heavy atom. The van der Waals surface area contributed by atoms with Crippen LogP contribution in [0.3, 0.4) is 0 Å². The van der Waals surface area contributed by atoms with Crippen molar-refractivity contribution in [3.63, 3.8) is 0 Å². The van der Waals surface area contributed by atoms with E-state index in [2.05, 4.69) is 16.5 Å². The Bertz CT molecular complexity index is 516. The fourth-order valence-corrected chi connectivity index (χ4v) is 1.98. The molecule has 0 amide bonds. The minimum atomic E-state index is -0.895. The quantitative estimate of drug-likeness (QED) is 0.837. The Balaban J connectivity index is 2.50. The number of para-hydroxylation sites is 2. The lowest BCUT2D eigenvalue weighted by Gasteiger charge is -2.23. The van der Waals surface area contributed by atoms with Crippen molar-refractivity contribution < 1.29 is 5.11 Å². The summed E-state index contributed by atoms with van der Waals surface area (Å²) in [6, 6.07) is 7.97. The average Bonchev–Trinajstić information content (AvgIpc) is 2.67. The molecule has 1 aromatic heterocycles. The van der Waals surface area contributed by atoms with Gasteiger partial charge in [-0.1, -0.05) is 19.1 Å². The van der Waals surface area contributed by atoms with E-state index < -0.39 is 5.60 Å². The number of benzene rings is 1. The largest absolute Gasteiger partial charge is 0.387 e. The molecule has 0 saturated carbocycles. The van der Waals surface area contributed by atoms with Crippen LogP contribution in [0.2, 0.25) is 0 Å². The van der Waals surface area contributed by atoms with Gasteiger partial charge in [0.25, 0.3) is 0 Å². The molecule has 92 valence electrons. The summed E-state index contributed by atoms with van der Waals surface area (Å²) >= 11 is 0. The molecule has 2 aromatic rings. The molecule has 1 heterocycles. The van der Waals surface area contributed by atoms with E-state index in [0.29, 0.717) is 6.54 Å². The molecule has 0 radical (unpaired) electrons. The Kier molecular flexibility index (Phi) is 3.17. The van der Waals surface area contributed by atoms with E-state index in [9.17, 15) is 5.11 Å². The molecule has 3 N–H and O–H groups in total. The molecule has 0 bridgehead atoms. The van der Waals surface area contributed by atoms with Crippen molar-refractivity contribution >= 4 is 11.0 Å². The number of aliphatic hydroxyl groups is 1. The number of imidazole rings is 1. The summed E-state index contributed by atoms with van der Waals surface area (Å²) < 4.78 is 2.06. The number of fused-ring (bicyclic) bond motifs is 1. The molecule has 4 nitrogen and oxygen atoms in total. The van der Waals surface area contributed by atoms with E-state index in [1.165, 1.54) is 0 Å². The van der Waals surface area contributed by atoms with Crippen molar-refractivity contribution in [3.05, 3.63) is 30.1 Å². The summed E-state index contributed by atoms with van der Waals surface area (Å²) in [5, 5.41) is 10.1. The Morgan fingerprint density at radius 1 is 1.41 bits per heavy atom. The Labute approximate surface area is 101 Å². The van der Waals surface area contributed by atoms with E-state index in [0.717, 1.165) is 23.3 Å². The fraction of sp³-hybridized carbons (Fsp3) is 0.462. The molecular weight excluding hydrogens is 214 g/mol. The number of hydrogen-bond acceptors (Lipinski definition) is 3. The molecule has 0 aliphatic rings. The first kappa shape index (κ1) is 12.1. The molecule has 1 atom stereocenters. The number of nitrogens with two attached hydrogens (primary N) is 1. The standard InChI is InChI=1S/C13H19N3O/c1-3-12-15-10-6-4-5-7-11(10)16(12)9-13(2,17)8-14/h4-7,17H,3,8-9,14H2,1-2H3. The van der Waals surface area contributed by atoms with Crippen LogP contribution in [0.15, 0.2) is 24.3 Å². The van der Waals surface area contributed by atoms with Crippen LogP contribution in [0.1, 0.15) is 19.7 Å². The zero-order valence-corrected chi connectivity index (χ0v) is 10.3. The van der Waals surface area contributed by atoms with Gasteiger partial charge in [-0.3, -0.25) is 0 Å². The molecule has 17 heavy (non-hydrogen) atoms. The highest BCUT2D eigenvalue weighted by molar-refractivity contribution is 5.75. The first-order valence-corrected chi connectivity index (χ1v) is 5.94. The maximum atomic E-state index is 10.1. The second-order valence-electron chi connectivity index (χ2n) is 4.66. The normalized spacial score (nSPS) is 15.1. The van der Waals surface area contributed by atoms with Crippen molar-refractivity contribution in [2.75, 3.05) is 6.54 Å². The number of hydrogen-bond donors (Lipinski definition) is 2. The molecule has 2 rings (SSSR count). The van der Waals surface area contributed by atoms with Crippen LogP contribution in [-0.2, 0) is 13.0 Å². The molecule has 0 aliphatic carbocycles. The number of aromatic nitrogens is 2. The van der Waals surface area contributed by atoms with Gasteiger partial charge in [0.15, 0.2) is 0 Å². The summed E-state index contributed by atoms with van der Waals surface area (Å²) in [7, 11) is 0. The van der Waals surface area contributed by atoms with Gasteiger partial charge in [0, 0.05) is 13.0 Å². The maximum absolute atomic E-state index is 10.1. The minimum absolute atomic E-state index is 0.239. The smallest absolute Gasteiger partial charge is 0.109 e. The summed E-state index contributed by atoms with van der Waals surface area (Å²) in [6.45, 7) is 4.53. The van der Waals surface area contributed by atoms with Crippen LogP contribution in [0.4, 0.5) is 0 Å². The molecule has 4 heteroatoms. The van der Waals surface area contributed by atoms with Crippen molar-refractivity contribution in [1.82, 2.24) is 9.55 Å². The summed E-state index contributed by atoms with van der Waals surface area (Å²) in [4.78, 5) is 4.56. The zero-order chi connectivity index (χ0) is 12.5. The third-order valence-electron chi connectivity index (χ3n) is 2.99. The monoisotopic (exact) mass is 233 g/mol. The van der Waals surface area contributed by atoms with E-state index in [4.69, 9.17) is 5.73 Å². The van der Waals surface area contributed by atoms with Gasteiger partial charge in [-0.15, -0.1) is 0 Å². The van der Waals surface area contributed by atoms with Gasteiger partial charge < -0.3 is 15.4 Å². The highest BCUT2D eigenvalue weighted by Gasteiger charge is 2.21. The van der Waals surface area contributed by atoms with E-state index in [1.807, 2.05) is 24.3 Å². The molecule has 1 aromatic carbocycles. The van der Waals surface area contributed by atoms with Crippen LogP contribution in [-0.4, -0.2) is 26.8 Å². The number of rotatable bonds is 4. The second-order valence-corrected chi connectivity index (χ2v) is 4.66. The second kappa shape index (κ2) is 4.47. The highest BCUT2D eigenvalue weighted by atomic mass is 16.3. The summed E-state index contributed by atoms with van der Waals surface area (Å²) in [6.07, 6.45) is 0.843. The maximum Gasteiger partial charge on any atom is 0.109 e. The van der Waals surface area contributed by atoms with Crippen LogP contribution in [0.25, 0.3) is 11.0 Å². The Morgan fingerprint density at radius 2 is 2.12 bits per heavy atom. The van der Waals surface area contributed by atoms with Gasteiger partial charge in [-0.25, -0.2) is 4.98 Å². The van der Waals surface area contributed by atoms with Gasteiger partial charge >= 0.3 is 0 Å². The van der Waals surface area contributed by atoms with Crippen molar-refractivity contribution in [1.29, 1.82) is 0 Å². The lowest BCUT2D eigenvalue weighted by molar-refractivity contribution is 0.0511. The molecule has 1 unspecified atom stereocenters. The first-order valence-electron chi connectivity index (χ1n) is 5.94. The third kappa shape index (κ3) is 2.33. The van der Waals surface area contributed by atoms with Crippen LogP contribution in [0.5, 0.6) is 0 Å². The van der Waals surface area contributed by atoms with Gasteiger partial charge in [0.2, 0.25) is 0 Å². The number of nitrogens with zero attached hydrogens (tertiary/aromatic N) is 2. The average molecular weight is 233 g/mol. The first-order chi connectivity index (χ1) is 8.07. The molecule has 0 aliphatic heterocycles. The zero-order valence-electron chi connectivity index (χ0n) is 10.3. The highest BCUT2D eigenvalue weighted by Crippen LogP contribution is 2.19. The molecule has 0 saturated heterocycles. The molecular formula is C13H19N3O. The van der Waals surface area contributed by atoms with Crippen molar-refractivity contribution in [2.24, 2.45) is 5.73 Å². The van der Waals surface area contributed by atoms with Crippen molar-refractivity contribution in [3.8, 4) is 0 Å². The number of aryl methyl sites for hydroxylation is 1. The SMILES string of the molecule is CCc1nc2ccccc2n1CC(C)(O)CN. The third-order valence-corrected chi connectivity index (χ3v) is 2.99. The summed E-state index contributed by atoms with van der Waals surface area (Å²) in [5.74, 6) is 0.986.